The van der Waals surface area contributed by atoms with Gasteiger partial charge in [0.1, 0.15) is 11.6 Å². The van der Waals surface area contributed by atoms with E-state index in [2.05, 4.69) is 9.88 Å². The Labute approximate surface area is 109 Å². The number of hydrogen-bond donors (Lipinski definition) is 1. The average molecular weight is 246 g/mol. The van der Waals surface area contributed by atoms with Crippen molar-refractivity contribution in [1.82, 2.24) is 9.97 Å². The van der Waals surface area contributed by atoms with Gasteiger partial charge in [0.15, 0.2) is 0 Å². The largest absolute Gasteiger partial charge is 0.356 e. The summed E-state index contributed by atoms with van der Waals surface area (Å²) >= 11 is 0. The summed E-state index contributed by atoms with van der Waals surface area (Å²) in [7, 11) is 0. The normalized spacial score (nSPS) is 20.9. The van der Waals surface area contributed by atoms with Gasteiger partial charge in [-0.05, 0) is 45.4 Å². The minimum atomic E-state index is 0.375. The Hall–Kier alpha value is -1.16. The molecule has 1 aliphatic carbocycles. The monoisotopic (exact) mass is 246 g/mol. The number of piperidine rings is 1. The van der Waals surface area contributed by atoms with Crippen molar-refractivity contribution in [2.24, 2.45) is 5.73 Å². The smallest absolute Gasteiger partial charge is 0.135 e. The number of rotatable bonds is 1. The van der Waals surface area contributed by atoms with Crippen LogP contribution >= 0.6 is 0 Å². The summed E-state index contributed by atoms with van der Waals surface area (Å²) in [5, 5.41) is 0. The van der Waals surface area contributed by atoms with Crippen LogP contribution < -0.4 is 10.6 Å². The number of anilines is 1. The molecule has 2 heterocycles. The molecular weight excluding hydrogens is 224 g/mol. The van der Waals surface area contributed by atoms with Crippen LogP contribution in [0.15, 0.2) is 0 Å². The van der Waals surface area contributed by atoms with Crippen molar-refractivity contribution in [2.45, 2.75) is 51.5 Å². The highest BCUT2D eigenvalue weighted by atomic mass is 15.2. The molecule has 0 unspecified atom stereocenters. The molecule has 1 aromatic heterocycles. The SMILES string of the molecule is Cc1nc2c(c(N3CCC(N)CC3)n1)CCCC2. The molecule has 0 atom stereocenters. The van der Waals surface area contributed by atoms with Crippen LogP contribution in [-0.2, 0) is 12.8 Å². The van der Waals surface area contributed by atoms with Crippen LogP contribution in [0.2, 0.25) is 0 Å². The van der Waals surface area contributed by atoms with Gasteiger partial charge in [-0.1, -0.05) is 0 Å². The zero-order chi connectivity index (χ0) is 12.5. The Kier molecular flexibility index (Phi) is 3.20. The van der Waals surface area contributed by atoms with E-state index >= 15 is 0 Å². The molecule has 0 bridgehead atoms. The average Bonchev–Trinajstić information content (AvgIpc) is 2.38. The third-order valence-corrected chi connectivity index (χ3v) is 4.11. The van der Waals surface area contributed by atoms with Gasteiger partial charge in [-0.15, -0.1) is 0 Å². The van der Waals surface area contributed by atoms with Gasteiger partial charge >= 0.3 is 0 Å². The molecule has 1 fully saturated rings. The van der Waals surface area contributed by atoms with Gasteiger partial charge in [-0.25, -0.2) is 9.97 Å². The quantitative estimate of drug-likeness (QED) is 0.817. The Morgan fingerprint density at radius 3 is 2.61 bits per heavy atom. The molecule has 4 nitrogen and oxygen atoms in total. The van der Waals surface area contributed by atoms with Crippen LogP contribution in [0.1, 0.15) is 42.8 Å². The number of hydrogen-bond acceptors (Lipinski definition) is 4. The summed E-state index contributed by atoms with van der Waals surface area (Å²) in [5.41, 5.74) is 8.68. The molecule has 4 heteroatoms. The predicted molar refractivity (Wildman–Crippen MR) is 72.8 cm³/mol. The topological polar surface area (TPSA) is 55.0 Å². The molecule has 2 N–H and O–H groups in total. The summed E-state index contributed by atoms with van der Waals surface area (Å²) in [5.74, 6) is 2.12. The maximum Gasteiger partial charge on any atom is 0.135 e. The van der Waals surface area contributed by atoms with E-state index in [0.29, 0.717) is 6.04 Å². The van der Waals surface area contributed by atoms with Crippen LogP contribution in [-0.4, -0.2) is 29.1 Å². The second-order valence-electron chi connectivity index (χ2n) is 5.55. The van der Waals surface area contributed by atoms with E-state index in [1.807, 2.05) is 6.92 Å². The van der Waals surface area contributed by atoms with Gasteiger partial charge in [0.25, 0.3) is 0 Å². The van der Waals surface area contributed by atoms with E-state index in [4.69, 9.17) is 10.7 Å². The molecule has 2 aliphatic rings. The number of nitrogens with zero attached hydrogens (tertiary/aromatic N) is 3. The highest BCUT2D eigenvalue weighted by molar-refractivity contribution is 5.50. The third-order valence-electron chi connectivity index (χ3n) is 4.11. The van der Waals surface area contributed by atoms with E-state index < -0.39 is 0 Å². The fourth-order valence-corrected chi connectivity index (χ4v) is 3.07. The van der Waals surface area contributed by atoms with Crippen LogP contribution in [0.3, 0.4) is 0 Å². The predicted octanol–water partition coefficient (Wildman–Crippen LogP) is 1.59. The van der Waals surface area contributed by atoms with Crippen molar-refractivity contribution in [3.05, 3.63) is 17.1 Å². The zero-order valence-electron chi connectivity index (χ0n) is 11.2. The molecule has 18 heavy (non-hydrogen) atoms. The molecule has 0 spiro atoms. The lowest BCUT2D eigenvalue weighted by molar-refractivity contribution is 0.495. The van der Waals surface area contributed by atoms with Crippen LogP contribution in [0, 0.1) is 6.92 Å². The van der Waals surface area contributed by atoms with Crippen molar-refractivity contribution in [2.75, 3.05) is 18.0 Å². The molecule has 0 radical (unpaired) electrons. The van der Waals surface area contributed by atoms with Gasteiger partial charge in [0, 0.05) is 30.4 Å². The lowest BCUT2D eigenvalue weighted by atomic mass is 9.95. The molecule has 1 saturated heterocycles. The molecule has 0 saturated carbocycles. The highest BCUT2D eigenvalue weighted by Gasteiger charge is 2.23. The lowest BCUT2D eigenvalue weighted by Gasteiger charge is -2.33. The summed E-state index contributed by atoms with van der Waals surface area (Å²) < 4.78 is 0. The Bertz CT molecular complexity index is 436. The summed E-state index contributed by atoms with van der Waals surface area (Å²) in [4.78, 5) is 11.7. The number of aromatic nitrogens is 2. The van der Waals surface area contributed by atoms with Gasteiger partial charge in [-0.2, -0.15) is 0 Å². The van der Waals surface area contributed by atoms with Crippen molar-refractivity contribution in [1.29, 1.82) is 0 Å². The molecular formula is C14H22N4. The highest BCUT2D eigenvalue weighted by Crippen LogP contribution is 2.29. The van der Waals surface area contributed by atoms with Gasteiger partial charge in [0.05, 0.1) is 0 Å². The van der Waals surface area contributed by atoms with Crippen molar-refractivity contribution < 1.29 is 0 Å². The lowest BCUT2D eigenvalue weighted by Crippen LogP contribution is -2.40. The standard InChI is InChI=1S/C14H22N4/c1-10-16-13-5-3-2-4-12(13)14(17-10)18-8-6-11(15)7-9-18/h11H,2-9,15H2,1H3. The van der Waals surface area contributed by atoms with Crippen molar-refractivity contribution in [3.8, 4) is 0 Å². The first-order chi connectivity index (χ1) is 8.74. The number of nitrogens with two attached hydrogens (primary N) is 1. The fourth-order valence-electron chi connectivity index (χ4n) is 3.07. The van der Waals surface area contributed by atoms with E-state index in [-0.39, 0.29) is 0 Å². The number of fused-ring (bicyclic) bond motifs is 1. The van der Waals surface area contributed by atoms with Crippen LogP contribution in [0.4, 0.5) is 5.82 Å². The van der Waals surface area contributed by atoms with E-state index in [0.717, 1.165) is 44.6 Å². The Balaban J connectivity index is 1.93. The minimum Gasteiger partial charge on any atom is -0.356 e. The summed E-state index contributed by atoms with van der Waals surface area (Å²) in [6.07, 6.45) is 6.98. The minimum absolute atomic E-state index is 0.375. The maximum atomic E-state index is 5.98. The van der Waals surface area contributed by atoms with Crippen molar-refractivity contribution >= 4 is 5.82 Å². The van der Waals surface area contributed by atoms with Crippen LogP contribution in [0.25, 0.3) is 0 Å². The molecule has 1 aliphatic heterocycles. The second-order valence-corrected chi connectivity index (χ2v) is 5.55. The molecule has 0 aromatic carbocycles. The first-order valence-corrected chi connectivity index (χ1v) is 7.11. The Morgan fingerprint density at radius 1 is 1.11 bits per heavy atom. The summed E-state index contributed by atoms with van der Waals surface area (Å²) in [6.45, 7) is 4.10. The fraction of sp³-hybridized carbons (Fsp3) is 0.714. The zero-order valence-corrected chi connectivity index (χ0v) is 11.2. The maximum absolute atomic E-state index is 5.98. The van der Waals surface area contributed by atoms with Crippen molar-refractivity contribution in [3.63, 3.8) is 0 Å². The first kappa shape index (κ1) is 11.9. The van der Waals surface area contributed by atoms with E-state index in [9.17, 15) is 0 Å². The summed E-state index contributed by atoms with van der Waals surface area (Å²) in [6, 6.07) is 0.375. The second kappa shape index (κ2) is 4.84. The van der Waals surface area contributed by atoms with E-state index in [1.54, 1.807) is 0 Å². The van der Waals surface area contributed by atoms with Crippen LogP contribution in [0.5, 0.6) is 0 Å². The first-order valence-electron chi connectivity index (χ1n) is 7.11. The molecule has 98 valence electrons. The van der Waals surface area contributed by atoms with Gasteiger partial charge in [0.2, 0.25) is 0 Å². The Morgan fingerprint density at radius 2 is 1.83 bits per heavy atom. The number of aryl methyl sites for hydroxylation is 2. The van der Waals surface area contributed by atoms with E-state index in [1.165, 1.54) is 29.9 Å². The molecule has 1 aromatic rings. The third kappa shape index (κ3) is 2.21. The van der Waals surface area contributed by atoms with Gasteiger partial charge in [-0.3, -0.25) is 0 Å². The molecule has 0 amide bonds. The molecule has 3 rings (SSSR count). The van der Waals surface area contributed by atoms with Gasteiger partial charge < -0.3 is 10.6 Å².